The van der Waals surface area contributed by atoms with E-state index >= 15 is 0 Å². The van der Waals surface area contributed by atoms with E-state index in [2.05, 4.69) is 137 Å². The molecule has 17 nitrogen and oxygen atoms in total. The van der Waals surface area contributed by atoms with Gasteiger partial charge in [0.15, 0.2) is 12.2 Å². The molecule has 0 aliphatic heterocycles. The number of hydrogen-bond donors (Lipinski definition) is 3. The average molecular weight is 1420 g/mol. The van der Waals surface area contributed by atoms with E-state index in [0.717, 1.165) is 154 Å². The first-order valence-electron chi connectivity index (χ1n) is 38.1. The van der Waals surface area contributed by atoms with Crippen LogP contribution in [-0.2, 0) is 65.4 Å². The van der Waals surface area contributed by atoms with Crippen molar-refractivity contribution in [2.45, 2.75) is 329 Å². The van der Waals surface area contributed by atoms with E-state index in [0.29, 0.717) is 25.7 Å². The summed E-state index contributed by atoms with van der Waals surface area (Å²) in [5, 5.41) is 10.6. The van der Waals surface area contributed by atoms with Gasteiger partial charge in [0.25, 0.3) is 0 Å². The molecule has 0 saturated heterocycles. The van der Waals surface area contributed by atoms with E-state index in [-0.39, 0.29) is 25.7 Å². The van der Waals surface area contributed by atoms with E-state index in [1.165, 1.54) is 77.0 Å². The van der Waals surface area contributed by atoms with E-state index in [4.69, 9.17) is 37.0 Å². The molecule has 0 aromatic carbocycles. The highest BCUT2D eigenvalue weighted by Crippen LogP contribution is 2.45. The smallest absolute Gasteiger partial charge is 0.462 e. The molecule has 5 unspecified atom stereocenters. The van der Waals surface area contributed by atoms with Gasteiger partial charge in [-0.2, -0.15) is 0 Å². The number of aliphatic hydroxyl groups is 1. The van der Waals surface area contributed by atoms with Gasteiger partial charge in [-0.25, -0.2) is 9.13 Å². The number of carbonyl (C=O) groups is 4. The first kappa shape index (κ1) is 93.7. The van der Waals surface area contributed by atoms with E-state index in [9.17, 15) is 43.2 Å². The molecule has 0 aromatic heterocycles. The van der Waals surface area contributed by atoms with Crippen LogP contribution in [0.15, 0.2) is 109 Å². The molecule has 5 atom stereocenters. The second-order valence-corrected chi connectivity index (χ2v) is 28.1. The van der Waals surface area contributed by atoms with Gasteiger partial charge in [-0.05, 0) is 128 Å². The predicted molar refractivity (Wildman–Crippen MR) is 399 cm³/mol. The summed E-state index contributed by atoms with van der Waals surface area (Å²) >= 11 is 0. The molecule has 0 radical (unpaired) electrons. The Kier molecular flexibility index (Phi) is 68.0. The number of ether oxygens (including phenoxy) is 4. The monoisotopic (exact) mass is 1420 g/mol. The number of unbranched alkanes of at least 4 members (excludes halogenated alkanes) is 27. The first-order chi connectivity index (χ1) is 47.7. The normalized spacial score (nSPS) is 14.6. The third-order valence-corrected chi connectivity index (χ3v) is 17.6. The molecule has 98 heavy (non-hydrogen) atoms. The molecule has 3 N–H and O–H groups in total. The number of carbonyl (C=O) groups excluding carboxylic acids is 4. The lowest BCUT2D eigenvalue weighted by molar-refractivity contribution is -0.161. The maximum absolute atomic E-state index is 13.1. The molecule has 0 spiro atoms. The van der Waals surface area contributed by atoms with E-state index in [1.807, 2.05) is 0 Å². The minimum absolute atomic E-state index is 0.0752. The Morgan fingerprint density at radius 1 is 0.296 bits per heavy atom. The molecule has 0 aliphatic carbocycles. The second kappa shape index (κ2) is 71.1. The molecule has 0 amide bonds. The van der Waals surface area contributed by atoms with Crippen molar-refractivity contribution in [2.24, 2.45) is 0 Å². The second-order valence-electron chi connectivity index (χ2n) is 25.2. The molecule has 564 valence electrons. The van der Waals surface area contributed by atoms with Crippen LogP contribution < -0.4 is 0 Å². The number of allylic oxidation sites excluding steroid dienone is 18. The van der Waals surface area contributed by atoms with Gasteiger partial charge >= 0.3 is 39.5 Å². The Labute approximate surface area is 594 Å². The number of phosphoric acid groups is 2. The lowest BCUT2D eigenvalue weighted by Gasteiger charge is -2.21. The zero-order chi connectivity index (χ0) is 71.8. The Balaban J connectivity index is 5.38. The number of rotatable bonds is 71. The van der Waals surface area contributed by atoms with Gasteiger partial charge in [0.2, 0.25) is 0 Å². The highest BCUT2D eigenvalue weighted by Gasteiger charge is 2.30. The SMILES string of the molecule is CC/C=C\C/C=C\C/C=C\C/C=C\CCCCCCC(=O)OCC(COP(=O)(O)OCC(O)COP(=O)(O)OCC(COC(=O)CCCC/C=C\C/C=C\C/C=C\C/C=C\CC)OC(=O)CCCCCCC/C=C\CCCCCCCC)OC(=O)CCCCCCCCCCCCC. The van der Waals surface area contributed by atoms with Crippen molar-refractivity contribution >= 4 is 39.5 Å². The summed E-state index contributed by atoms with van der Waals surface area (Å²) in [5.74, 6) is -2.25. The zero-order valence-corrected chi connectivity index (χ0v) is 63.2. The topological polar surface area (TPSA) is 237 Å². The van der Waals surface area contributed by atoms with Gasteiger partial charge in [0.1, 0.15) is 19.3 Å². The Bertz CT molecular complexity index is 2290. The first-order valence-corrected chi connectivity index (χ1v) is 41.1. The summed E-state index contributed by atoms with van der Waals surface area (Å²) in [7, 11) is -9.96. The summed E-state index contributed by atoms with van der Waals surface area (Å²) in [6.07, 6.45) is 75.1. The van der Waals surface area contributed by atoms with Gasteiger partial charge in [0.05, 0.1) is 26.4 Å². The van der Waals surface area contributed by atoms with Crippen molar-refractivity contribution in [2.75, 3.05) is 39.6 Å². The summed E-state index contributed by atoms with van der Waals surface area (Å²) in [6.45, 7) is 4.56. The van der Waals surface area contributed by atoms with Gasteiger partial charge in [-0.1, -0.05) is 265 Å². The Morgan fingerprint density at radius 2 is 0.531 bits per heavy atom. The fourth-order valence-corrected chi connectivity index (χ4v) is 11.5. The quantitative estimate of drug-likeness (QED) is 0.0169. The number of hydrogen-bond acceptors (Lipinski definition) is 15. The fraction of sp³-hybridized carbons (Fsp3) is 0.722. The number of aliphatic hydroxyl groups excluding tert-OH is 1. The highest BCUT2D eigenvalue weighted by atomic mass is 31.2. The van der Waals surface area contributed by atoms with Crippen molar-refractivity contribution in [1.29, 1.82) is 0 Å². The molecule has 0 aromatic rings. The van der Waals surface area contributed by atoms with Crippen LogP contribution in [0.2, 0.25) is 0 Å². The predicted octanol–water partition coefficient (Wildman–Crippen LogP) is 21.8. The van der Waals surface area contributed by atoms with E-state index < -0.39 is 97.5 Å². The molecule has 0 aliphatic rings. The van der Waals surface area contributed by atoms with Crippen molar-refractivity contribution < 1.29 is 80.2 Å². The third kappa shape index (κ3) is 70.2. The van der Waals surface area contributed by atoms with Crippen LogP contribution in [0.25, 0.3) is 0 Å². The summed E-state index contributed by atoms with van der Waals surface area (Å²) in [4.78, 5) is 72.8. The van der Waals surface area contributed by atoms with Crippen LogP contribution in [0.3, 0.4) is 0 Å². The molecular formula is C79H136O17P2. The minimum atomic E-state index is -4.98. The number of esters is 4. The summed E-state index contributed by atoms with van der Waals surface area (Å²) < 4.78 is 68.4. The number of phosphoric ester groups is 2. The minimum Gasteiger partial charge on any atom is -0.462 e. The Hall–Kier alpha value is -4.28. The van der Waals surface area contributed by atoms with Crippen LogP contribution in [0.1, 0.15) is 310 Å². The Morgan fingerprint density at radius 3 is 0.847 bits per heavy atom. The van der Waals surface area contributed by atoms with Gasteiger partial charge in [-0.3, -0.25) is 37.3 Å². The molecule has 19 heteroatoms. The van der Waals surface area contributed by atoms with Crippen LogP contribution in [0.4, 0.5) is 0 Å². The largest absolute Gasteiger partial charge is 0.472 e. The van der Waals surface area contributed by atoms with Crippen molar-refractivity contribution in [3.63, 3.8) is 0 Å². The average Bonchev–Trinajstić information content (AvgIpc) is 0.986. The lowest BCUT2D eigenvalue weighted by atomic mass is 10.1. The van der Waals surface area contributed by atoms with Crippen molar-refractivity contribution in [3.05, 3.63) is 109 Å². The fourth-order valence-electron chi connectivity index (χ4n) is 9.96. The van der Waals surface area contributed by atoms with Crippen molar-refractivity contribution in [3.8, 4) is 0 Å². The molecule has 0 fully saturated rings. The highest BCUT2D eigenvalue weighted by molar-refractivity contribution is 7.47. The van der Waals surface area contributed by atoms with Gasteiger partial charge in [0, 0.05) is 25.7 Å². The van der Waals surface area contributed by atoms with Crippen LogP contribution in [0, 0.1) is 0 Å². The van der Waals surface area contributed by atoms with Gasteiger partial charge in [-0.15, -0.1) is 0 Å². The van der Waals surface area contributed by atoms with Crippen LogP contribution in [0.5, 0.6) is 0 Å². The maximum Gasteiger partial charge on any atom is 0.472 e. The summed E-state index contributed by atoms with van der Waals surface area (Å²) in [5.41, 5.74) is 0. The molecule has 0 saturated carbocycles. The zero-order valence-electron chi connectivity index (χ0n) is 61.4. The van der Waals surface area contributed by atoms with Crippen LogP contribution in [-0.4, -0.2) is 96.7 Å². The van der Waals surface area contributed by atoms with E-state index in [1.54, 1.807) is 0 Å². The van der Waals surface area contributed by atoms with Crippen LogP contribution >= 0.6 is 15.6 Å². The summed E-state index contributed by atoms with van der Waals surface area (Å²) in [6, 6.07) is 0. The lowest BCUT2D eigenvalue weighted by Crippen LogP contribution is -2.30. The third-order valence-electron chi connectivity index (χ3n) is 15.7. The molecule has 0 rings (SSSR count). The van der Waals surface area contributed by atoms with Crippen molar-refractivity contribution in [1.82, 2.24) is 0 Å². The maximum atomic E-state index is 13.1. The van der Waals surface area contributed by atoms with Gasteiger partial charge < -0.3 is 33.8 Å². The molecular weight excluding hydrogens is 1280 g/mol. The molecule has 0 bridgehead atoms. The standard InChI is InChI=1S/C79H136O17P2/c1-5-9-13-17-21-25-29-32-35-36-39-41-45-48-52-56-60-64-77(82)89-69-74(95-78(83)65-61-57-53-49-43-28-24-20-16-12-8-4)71-93-97(85,86)91-67-73(80)68-92-98(87,88)94-72-75(96-79(84)66-62-58-54-50-46-42-38-34-31-27-23-19-15-11-7-3)70-90-76(81)63-59-55-51-47-44-40-37-33-30-26-22-18-14-10-6-2/h9-10,13-14,21-22,25-26,32-35,37-39,41,44,47,73-75,80H,5-8,11-12,15-20,23-24,27-31,36,40,42-43,45-46,48-72H2,1-4H3,(H,85,86)(H,87,88)/b13-9-,14-10-,25-21-,26-22-,35-32-,37-33-,38-34-,41-39-,47-44-. The molecule has 0 heterocycles.